The van der Waals surface area contributed by atoms with Gasteiger partial charge in [-0.05, 0) is 65.6 Å². The number of fused-ring (bicyclic) bond motifs is 3. The Kier molecular flexibility index (Phi) is 5.50. The molecule has 5 aromatic rings. The van der Waals surface area contributed by atoms with Gasteiger partial charge in [-0.3, -0.25) is 9.51 Å². The van der Waals surface area contributed by atoms with E-state index < -0.39 is 5.76 Å². The molecule has 0 amide bonds. The van der Waals surface area contributed by atoms with Crippen LogP contribution in [0.4, 0.5) is 4.39 Å². The molecule has 0 unspecified atom stereocenters. The lowest BCUT2D eigenvalue weighted by Crippen LogP contribution is -2.04. The number of rotatable bonds is 5. The van der Waals surface area contributed by atoms with Gasteiger partial charge in [-0.1, -0.05) is 43.3 Å². The second-order valence-corrected chi connectivity index (χ2v) is 10.6. The molecule has 2 aromatic carbocycles. The topological polar surface area (TPSA) is 85.4 Å². The first-order valence-electron chi connectivity index (χ1n) is 13.3. The predicted molar refractivity (Wildman–Crippen MR) is 145 cm³/mol. The van der Waals surface area contributed by atoms with Crippen molar-refractivity contribution >= 4 is 16.8 Å². The number of hydrogen-bond acceptors (Lipinski definition) is 5. The number of allylic oxidation sites excluding steroid dienone is 1. The maximum atomic E-state index is 14.3. The lowest BCUT2D eigenvalue weighted by molar-refractivity contribution is 0.305. The zero-order valence-corrected chi connectivity index (χ0v) is 21.7. The average Bonchev–Trinajstić information content (AvgIpc) is 3.60. The van der Waals surface area contributed by atoms with Crippen LogP contribution in [0.15, 0.2) is 70.1 Å². The number of imidazole rings is 1. The largest absolute Gasteiger partial charge is 0.488 e. The molecule has 8 heteroatoms. The Balaban J connectivity index is 1.40. The van der Waals surface area contributed by atoms with Crippen molar-refractivity contribution in [2.45, 2.75) is 45.6 Å². The van der Waals surface area contributed by atoms with Crippen molar-refractivity contribution in [2.24, 2.45) is 5.92 Å². The minimum atomic E-state index is -0.600. The molecule has 0 radical (unpaired) electrons. The van der Waals surface area contributed by atoms with Crippen LogP contribution in [0, 0.1) is 11.7 Å². The molecule has 1 aliphatic heterocycles. The van der Waals surface area contributed by atoms with Gasteiger partial charge in [0.05, 0.1) is 11.4 Å². The Labute approximate surface area is 224 Å². The highest BCUT2D eigenvalue weighted by Crippen LogP contribution is 2.49. The second-order valence-electron chi connectivity index (χ2n) is 10.6. The van der Waals surface area contributed by atoms with Crippen LogP contribution in [-0.2, 0) is 13.0 Å². The highest BCUT2D eigenvalue weighted by Gasteiger charge is 2.35. The summed E-state index contributed by atoms with van der Waals surface area (Å²) >= 11 is 0. The minimum absolute atomic E-state index is 0.219. The second kappa shape index (κ2) is 9.08. The molecular weight excluding hydrogens is 495 g/mol. The summed E-state index contributed by atoms with van der Waals surface area (Å²) in [6.07, 6.45) is 4.72. The smallest absolute Gasteiger partial charge is 0.439 e. The Morgan fingerprint density at radius 2 is 1.97 bits per heavy atom. The molecule has 0 saturated heterocycles. The molecule has 0 bridgehead atoms. The van der Waals surface area contributed by atoms with Gasteiger partial charge in [0.15, 0.2) is 5.82 Å². The fourth-order valence-corrected chi connectivity index (χ4v) is 5.66. The van der Waals surface area contributed by atoms with E-state index in [1.54, 1.807) is 6.07 Å². The molecular formula is C31H27FN4O3. The lowest BCUT2D eigenvalue weighted by atomic mass is 9.87. The number of halogens is 1. The van der Waals surface area contributed by atoms with E-state index in [9.17, 15) is 9.18 Å². The van der Waals surface area contributed by atoms with Crippen molar-refractivity contribution in [1.82, 2.24) is 19.5 Å². The summed E-state index contributed by atoms with van der Waals surface area (Å²) in [5.74, 6) is 0.422. The number of benzene rings is 2. The van der Waals surface area contributed by atoms with Crippen molar-refractivity contribution in [3.05, 3.63) is 117 Å². The van der Waals surface area contributed by atoms with Crippen LogP contribution >= 0.6 is 0 Å². The van der Waals surface area contributed by atoms with Gasteiger partial charge in [-0.15, -0.1) is 0 Å². The molecule has 2 aliphatic rings. The van der Waals surface area contributed by atoms with E-state index in [2.05, 4.69) is 52.8 Å². The van der Waals surface area contributed by atoms with E-state index in [1.807, 2.05) is 18.2 Å². The summed E-state index contributed by atoms with van der Waals surface area (Å²) in [7, 11) is 0. The Hall–Kier alpha value is -4.46. The molecule has 1 aliphatic carbocycles. The normalized spacial score (nSPS) is 16.1. The van der Waals surface area contributed by atoms with Crippen molar-refractivity contribution in [3.63, 3.8) is 0 Å². The molecule has 1 fully saturated rings. The first kappa shape index (κ1) is 23.6. The molecule has 3 aromatic heterocycles. The summed E-state index contributed by atoms with van der Waals surface area (Å²) in [5.41, 5.74) is 8.86. The van der Waals surface area contributed by atoms with Gasteiger partial charge in [-0.2, -0.15) is 0 Å². The average molecular weight is 523 g/mol. The molecule has 1 N–H and O–H groups in total. The molecule has 39 heavy (non-hydrogen) atoms. The van der Waals surface area contributed by atoms with Crippen LogP contribution in [0.3, 0.4) is 0 Å². The molecule has 0 atom stereocenters. The predicted octanol–water partition coefficient (Wildman–Crippen LogP) is 6.13. The third kappa shape index (κ3) is 4.16. The number of aromatic amines is 1. The minimum Gasteiger partial charge on any atom is -0.488 e. The highest BCUT2D eigenvalue weighted by atomic mass is 19.1. The maximum Gasteiger partial charge on any atom is 0.439 e. The summed E-state index contributed by atoms with van der Waals surface area (Å²) < 4.78 is 27.6. The van der Waals surface area contributed by atoms with Crippen molar-refractivity contribution in [3.8, 4) is 5.75 Å². The Bertz CT molecular complexity index is 1820. The van der Waals surface area contributed by atoms with Crippen LogP contribution < -0.4 is 10.5 Å². The molecule has 196 valence electrons. The van der Waals surface area contributed by atoms with E-state index in [4.69, 9.17) is 14.2 Å². The van der Waals surface area contributed by atoms with Crippen LogP contribution in [0.5, 0.6) is 5.75 Å². The first-order chi connectivity index (χ1) is 19.0. The van der Waals surface area contributed by atoms with Crippen LogP contribution in [-0.4, -0.2) is 19.5 Å². The Morgan fingerprint density at radius 1 is 1.13 bits per heavy atom. The Morgan fingerprint density at radius 3 is 2.74 bits per heavy atom. The number of aromatic nitrogens is 4. The van der Waals surface area contributed by atoms with Gasteiger partial charge in [0, 0.05) is 35.4 Å². The molecule has 7 rings (SSSR count). The number of pyridine rings is 1. The monoisotopic (exact) mass is 522 g/mol. The van der Waals surface area contributed by atoms with E-state index in [1.165, 1.54) is 12.1 Å². The standard InChI is InChI=1S/C31H27FN4O3/c1-17(2)29-24(36-12-4-3-5-26(36)33-29)14-18-6-10-22-20(13-18)16-38-25-15-21(32)9-11-23(25)28(22)27(19-7-8-19)30-34-31(37)39-35-30/h3-6,9-13,15,17,19H,7-8,14,16H2,1-2H3,(H,34,35,37)/b28-27-. The fourth-order valence-electron chi connectivity index (χ4n) is 5.66. The summed E-state index contributed by atoms with van der Waals surface area (Å²) in [6.45, 7) is 4.62. The van der Waals surface area contributed by atoms with Crippen molar-refractivity contribution in [1.29, 1.82) is 0 Å². The number of nitrogens with one attached hydrogen (secondary N) is 1. The third-order valence-electron chi connectivity index (χ3n) is 7.56. The van der Waals surface area contributed by atoms with Gasteiger partial charge < -0.3 is 9.14 Å². The molecule has 1 saturated carbocycles. The molecule has 0 spiro atoms. The van der Waals surface area contributed by atoms with E-state index in [0.717, 1.165) is 63.3 Å². The van der Waals surface area contributed by atoms with Crippen molar-refractivity contribution < 1.29 is 13.7 Å². The van der Waals surface area contributed by atoms with E-state index >= 15 is 0 Å². The number of nitrogens with zero attached hydrogens (tertiary/aromatic N) is 3. The van der Waals surface area contributed by atoms with Gasteiger partial charge in [0.25, 0.3) is 0 Å². The molecule has 7 nitrogen and oxygen atoms in total. The van der Waals surface area contributed by atoms with Gasteiger partial charge in [-0.25, -0.2) is 14.2 Å². The van der Waals surface area contributed by atoms with Gasteiger partial charge in [0.2, 0.25) is 0 Å². The summed E-state index contributed by atoms with van der Waals surface area (Å²) in [5, 5.41) is 4.04. The zero-order valence-electron chi connectivity index (χ0n) is 21.7. The van der Waals surface area contributed by atoms with Crippen LogP contribution in [0.25, 0.3) is 16.8 Å². The fraction of sp³-hybridized carbons (Fsp3) is 0.258. The van der Waals surface area contributed by atoms with Crippen LogP contribution in [0.2, 0.25) is 0 Å². The SMILES string of the molecule is CC(C)c1nc2ccccn2c1Cc1ccc2c(c1)COc1cc(F)ccc1/C2=C(\c1noc(=O)[nH]1)C1CC1. The number of ether oxygens (including phenoxy) is 1. The quantitative estimate of drug-likeness (QED) is 0.300. The lowest BCUT2D eigenvalue weighted by Gasteiger charge is -2.16. The van der Waals surface area contributed by atoms with Crippen molar-refractivity contribution in [2.75, 3.05) is 0 Å². The summed E-state index contributed by atoms with van der Waals surface area (Å²) in [4.78, 5) is 19.5. The maximum absolute atomic E-state index is 14.3. The zero-order chi connectivity index (χ0) is 26.7. The first-order valence-corrected chi connectivity index (χ1v) is 13.3. The number of H-pyrrole nitrogens is 1. The van der Waals surface area contributed by atoms with E-state index in [-0.39, 0.29) is 17.7 Å². The van der Waals surface area contributed by atoms with Gasteiger partial charge >= 0.3 is 5.76 Å². The van der Waals surface area contributed by atoms with E-state index in [0.29, 0.717) is 24.6 Å². The highest BCUT2D eigenvalue weighted by molar-refractivity contribution is 6.01. The van der Waals surface area contributed by atoms with Gasteiger partial charge in [0.1, 0.15) is 23.8 Å². The van der Waals surface area contributed by atoms with Crippen LogP contribution in [0.1, 0.15) is 72.1 Å². The number of hydrogen-bond donors (Lipinski definition) is 1. The summed E-state index contributed by atoms with van der Waals surface area (Å²) in [6, 6.07) is 17.1. The molecule has 4 heterocycles. The third-order valence-corrected chi connectivity index (χ3v) is 7.56.